The summed E-state index contributed by atoms with van der Waals surface area (Å²) >= 11 is 0. The maximum atomic E-state index is 5.58. The molecule has 3 N–H and O–H groups in total. The van der Waals surface area contributed by atoms with Crippen LogP contribution in [0.25, 0.3) is 0 Å². The normalized spacial score (nSPS) is 10.7. The van der Waals surface area contributed by atoms with Crippen molar-refractivity contribution in [3.8, 4) is 0 Å². The summed E-state index contributed by atoms with van der Waals surface area (Å²) in [7, 11) is -0.487. The number of nitrogens with one attached hydrogen (secondary N) is 1. The van der Waals surface area contributed by atoms with Crippen LogP contribution in [0.15, 0.2) is 60.7 Å². The van der Waals surface area contributed by atoms with Gasteiger partial charge >= 0.3 is 0 Å². The van der Waals surface area contributed by atoms with Gasteiger partial charge in [0, 0.05) is 21.2 Å². The highest BCUT2D eigenvalue weighted by Gasteiger charge is 2.11. The van der Waals surface area contributed by atoms with Crippen molar-refractivity contribution < 1.29 is 0 Å². The van der Waals surface area contributed by atoms with E-state index in [0.29, 0.717) is 6.54 Å². The van der Waals surface area contributed by atoms with E-state index in [2.05, 4.69) is 53.6 Å². The van der Waals surface area contributed by atoms with Crippen LogP contribution in [-0.2, 0) is 0 Å². The van der Waals surface area contributed by atoms with Crippen LogP contribution in [0, 0.1) is 0 Å². The first-order valence-electron chi connectivity index (χ1n) is 5.75. The summed E-state index contributed by atoms with van der Waals surface area (Å²) in [6.07, 6.45) is 0. The Kier molecular flexibility index (Phi) is 4.69. The summed E-state index contributed by atoms with van der Waals surface area (Å²) < 4.78 is 0. The Labute approximate surface area is 104 Å². The standard InChI is InChI=1S/C14H17N2P/c15-11-12-16-17(13-7-3-1-4-8-13)14-9-5-2-6-10-14/h1-10,16H,11-12,15H2. The third kappa shape index (κ3) is 3.37. The van der Waals surface area contributed by atoms with Crippen molar-refractivity contribution in [3.63, 3.8) is 0 Å². The molecule has 0 aliphatic heterocycles. The van der Waals surface area contributed by atoms with Gasteiger partial charge in [-0.15, -0.1) is 0 Å². The van der Waals surface area contributed by atoms with Crippen LogP contribution < -0.4 is 21.4 Å². The molecule has 0 saturated carbocycles. The lowest BCUT2D eigenvalue weighted by Crippen LogP contribution is -2.27. The van der Waals surface area contributed by atoms with Crippen molar-refractivity contribution in [1.82, 2.24) is 5.09 Å². The van der Waals surface area contributed by atoms with Gasteiger partial charge in [-0.2, -0.15) is 0 Å². The first-order valence-corrected chi connectivity index (χ1v) is 7.10. The molecule has 2 aromatic rings. The molecule has 88 valence electrons. The van der Waals surface area contributed by atoms with E-state index in [1.165, 1.54) is 10.6 Å². The molecule has 2 aromatic carbocycles. The minimum atomic E-state index is -0.487. The van der Waals surface area contributed by atoms with Gasteiger partial charge < -0.3 is 5.73 Å². The van der Waals surface area contributed by atoms with Gasteiger partial charge in [0.2, 0.25) is 0 Å². The summed E-state index contributed by atoms with van der Waals surface area (Å²) in [5, 5.41) is 6.21. The van der Waals surface area contributed by atoms with Crippen molar-refractivity contribution in [2.24, 2.45) is 5.73 Å². The minimum absolute atomic E-state index is 0.487. The second-order valence-corrected chi connectivity index (χ2v) is 5.72. The molecule has 17 heavy (non-hydrogen) atoms. The molecule has 0 radical (unpaired) electrons. The summed E-state index contributed by atoms with van der Waals surface area (Å²) in [5.41, 5.74) is 5.58. The molecular formula is C14H17N2P. The number of rotatable bonds is 5. The lowest BCUT2D eigenvalue weighted by Gasteiger charge is -2.19. The predicted molar refractivity (Wildman–Crippen MR) is 76.1 cm³/mol. The maximum Gasteiger partial charge on any atom is 0.0253 e. The van der Waals surface area contributed by atoms with Crippen molar-refractivity contribution >= 4 is 18.7 Å². The Bertz CT molecular complexity index is 391. The summed E-state index contributed by atoms with van der Waals surface area (Å²) in [6, 6.07) is 21.1. The molecule has 0 bridgehead atoms. The monoisotopic (exact) mass is 244 g/mol. The van der Waals surface area contributed by atoms with Crippen LogP contribution in [0.3, 0.4) is 0 Å². The zero-order valence-corrected chi connectivity index (χ0v) is 10.6. The van der Waals surface area contributed by atoms with Gasteiger partial charge in [0.05, 0.1) is 0 Å². The predicted octanol–water partition coefficient (Wildman–Crippen LogP) is 1.58. The fourth-order valence-corrected chi connectivity index (χ4v) is 3.62. The second-order valence-electron chi connectivity index (χ2n) is 3.70. The van der Waals surface area contributed by atoms with Crippen LogP contribution in [0.2, 0.25) is 0 Å². The van der Waals surface area contributed by atoms with E-state index in [4.69, 9.17) is 5.73 Å². The van der Waals surface area contributed by atoms with Gasteiger partial charge in [0.1, 0.15) is 0 Å². The van der Waals surface area contributed by atoms with E-state index in [1.54, 1.807) is 0 Å². The minimum Gasteiger partial charge on any atom is -0.329 e. The summed E-state index contributed by atoms with van der Waals surface area (Å²) in [5.74, 6) is 0. The van der Waals surface area contributed by atoms with E-state index in [9.17, 15) is 0 Å². The van der Waals surface area contributed by atoms with E-state index in [-0.39, 0.29) is 0 Å². The molecule has 2 rings (SSSR count). The first kappa shape index (κ1) is 12.3. The molecule has 3 heteroatoms. The Morgan fingerprint density at radius 1 is 0.824 bits per heavy atom. The fraction of sp³-hybridized carbons (Fsp3) is 0.143. The fourth-order valence-electron chi connectivity index (χ4n) is 1.66. The third-order valence-corrected chi connectivity index (χ3v) is 4.61. The Hall–Kier alpha value is -1.21. The summed E-state index contributed by atoms with van der Waals surface area (Å²) in [6.45, 7) is 1.51. The van der Waals surface area contributed by atoms with Gasteiger partial charge in [-0.1, -0.05) is 60.7 Å². The van der Waals surface area contributed by atoms with Crippen molar-refractivity contribution in [2.45, 2.75) is 0 Å². The molecule has 0 saturated heterocycles. The molecule has 0 aliphatic rings. The van der Waals surface area contributed by atoms with Gasteiger partial charge in [0.25, 0.3) is 0 Å². The maximum absolute atomic E-state index is 5.58. The van der Waals surface area contributed by atoms with Crippen LogP contribution >= 0.6 is 8.07 Å². The quantitative estimate of drug-likeness (QED) is 0.784. The Balaban J connectivity index is 2.26. The van der Waals surface area contributed by atoms with Crippen LogP contribution in [0.1, 0.15) is 0 Å². The summed E-state index contributed by atoms with van der Waals surface area (Å²) in [4.78, 5) is 0. The molecule has 0 atom stereocenters. The second kappa shape index (κ2) is 6.51. The highest BCUT2D eigenvalue weighted by Crippen LogP contribution is 2.27. The Morgan fingerprint density at radius 3 is 1.71 bits per heavy atom. The van der Waals surface area contributed by atoms with Gasteiger partial charge in [-0.05, 0) is 10.6 Å². The highest BCUT2D eigenvalue weighted by molar-refractivity contribution is 7.71. The SMILES string of the molecule is NCCNP(c1ccccc1)c1ccccc1. The number of hydrogen-bond donors (Lipinski definition) is 2. The van der Waals surface area contributed by atoms with Crippen molar-refractivity contribution in [3.05, 3.63) is 60.7 Å². The van der Waals surface area contributed by atoms with E-state index >= 15 is 0 Å². The van der Waals surface area contributed by atoms with E-state index in [1.807, 2.05) is 12.1 Å². The largest absolute Gasteiger partial charge is 0.329 e. The zero-order valence-electron chi connectivity index (χ0n) is 9.71. The molecule has 0 heterocycles. The lowest BCUT2D eigenvalue weighted by molar-refractivity contribution is 0.912. The topological polar surface area (TPSA) is 38.0 Å². The molecule has 0 amide bonds. The van der Waals surface area contributed by atoms with E-state index in [0.717, 1.165) is 6.54 Å². The molecule has 0 aliphatic carbocycles. The van der Waals surface area contributed by atoms with Gasteiger partial charge in [-0.3, -0.25) is 5.09 Å². The van der Waals surface area contributed by atoms with Crippen molar-refractivity contribution in [1.29, 1.82) is 0 Å². The van der Waals surface area contributed by atoms with Gasteiger partial charge in [-0.25, -0.2) is 0 Å². The smallest absolute Gasteiger partial charge is 0.0253 e. The number of benzene rings is 2. The average molecular weight is 244 g/mol. The molecule has 0 unspecified atom stereocenters. The van der Waals surface area contributed by atoms with Crippen molar-refractivity contribution in [2.75, 3.05) is 13.1 Å². The van der Waals surface area contributed by atoms with Gasteiger partial charge in [0.15, 0.2) is 0 Å². The molecule has 0 spiro atoms. The number of hydrogen-bond acceptors (Lipinski definition) is 2. The highest BCUT2D eigenvalue weighted by atomic mass is 31.1. The molecular weight excluding hydrogens is 227 g/mol. The number of nitrogens with two attached hydrogens (primary N) is 1. The van der Waals surface area contributed by atoms with E-state index < -0.39 is 8.07 Å². The molecule has 0 fully saturated rings. The van der Waals surface area contributed by atoms with Crippen LogP contribution in [0.4, 0.5) is 0 Å². The van der Waals surface area contributed by atoms with Crippen LogP contribution in [0.5, 0.6) is 0 Å². The third-order valence-electron chi connectivity index (χ3n) is 2.44. The molecule has 2 nitrogen and oxygen atoms in total. The lowest BCUT2D eigenvalue weighted by atomic mass is 10.4. The average Bonchev–Trinajstić information content (AvgIpc) is 2.42. The first-order chi connectivity index (χ1) is 8.42. The molecule has 0 aromatic heterocycles. The van der Waals surface area contributed by atoms with Crippen LogP contribution in [-0.4, -0.2) is 13.1 Å². The Morgan fingerprint density at radius 2 is 1.29 bits per heavy atom. The zero-order chi connectivity index (χ0) is 11.9.